The highest BCUT2D eigenvalue weighted by atomic mass is 35.5. The molecule has 0 unspecified atom stereocenters. The Bertz CT molecular complexity index is 1170. The molecule has 0 atom stereocenters. The number of thiocarbonyl (C=S) groups is 1. The van der Waals surface area contributed by atoms with E-state index in [4.69, 9.17) is 28.6 Å². The fourth-order valence-electron chi connectivity index (χ4n) is 2.45. The number of anilines is 3. The summed E-state index contributed by atoms with van der Waals surface area (Å²) in [5, 5.41) is 7.05. The van der Waals surface area contributed by atoms with Crippen LogP contribution in [-0.4, -0.2) is 30.6 Å². The first-order chi connectivity index (χ1) is 14.3. The lowest BCUT2D eigenvalue weighted by atomic mass is 10.2. The molecule has 156 valence electrons. The number of benzene rings is 2. The van der Waals surface area contributed by atoms with Crippen molar-refractivity contribution in [1.29, 1.82) is 0 Å². The lowest BCUT2D eigenvalue weighted by Gasteiger charge is -2.14. The van der Waals surface area contributed by atoms with Crippen LogP contribution in [0.5, 0.6) is 5.88 Å². The van der Waals surface area contributed by atoms with Gasteiger partial charge < -0.3 is 15.4 Å². The largest absolute Gasteiger partial charge is 0.481 e. The predicted octanol–water partition coefficient (Wildman–Crippen LogP) is 4.06. The van der Waals surface area contributed by atoms with E-state index in [1.165, 1.54) is 31.6 Å². The molecule has 1 aromatic heterocycles. The zero-order valence-electron chi connectivity index (χ0n) is 16.0. The van der Waals surface area contributed by atoms with Gasteiger partial charge in [0.2, 0.25) is 5.88 Å². The highest BCUT2D eigenvalue weighted by Crippen LogP contribution is 2.23. The van der Waals surface area contributed by atoms with Gasteiger partial charge in [-0.15, -0.1) is 0 Å². The molecule has 0 aliphatic heterocycles. The summed E-state index contributed by atoms with van der Waals surface area (Å²) in [7, 11) is -2.40. The molecule has 1 heterocycles. The minimum Gasteiger partial charge on any atom is -0.481 e. The Morgan fingerprint density at radius 1 is 1.10 bits per heavy atom. The van der Waals surface area contributed by atoms with Gasteiger partial charge in [-0.2, -0.15) is 0 Å². The number of rotatable bonds is 6. The fraction of sp³-hybridized carbons (Fsp3) is 0.105. The van der Waals surface area contributed by atoms with Crippen molar-refractivity contribution in [2.75, 3.05) is 22.5 Å². The lowest BCUT2D eigenvalue weighted by Crippen LogP contribution is -2.20. The first-order valence-corrected chi connectivity index (χ1v) is 10.9. The second-order valence-electron chi connectivity index (χ2n) is 6.07. The minimum absolute atomic E-state index is 0.0650. The van der Waals surface area contributed by atoms with Crippen LogP contribution in [0, 0.1) is 6.92 Å². The van der Waals surface area contributed by atoms with Crippen molar-refractivity contribution < 1.29 is 13.2 Å². The molecule has 3 N–H and O–H groups in total. The number of hydrogen-bond acceptors (Lipinski definition) is 6. The molecule has 0 saturated heterocycles. The van der Waals surface area contributed by atoms with Gasteiger partial charge >= 0.3 is 0 Å². The molecule has 0 aliphatic carbocycles. The van der Waals surface area contributed by atoms with Crippen molar-refractivity contribution in [2.24, 2.45) is 0 Å². The second-order valence-corrected chi connectivity index (χ2v) is 8.56. The number of halogens is 1. The van der Waals surface area contributed by atoms with Crippen molar-refractivity contribution in [1.82, 2.24) is 9.97 Å². The summed E-state index contributed by atoms with van der Waals surface area (Å²) in [6.45, 7) is 1.88. The van der Waals surface area contributed by atoms with Gasteiger partial charge in [-0.1, -0.05) is 17.7 Å². The molecule has 0 bridgehead atoms. The average molecular weight is 464 g/mol. The molecule has 0 aliphatic rings. The quantitative estimate of drug-likeness (QED) is 0.470. The zero-order valence-corrected chi connectivity index (χ0v) is 18.4. The van der Waals surface area contributed by atoms with E-state index >= 15 is 0 Å². The van der Waals surface area contributed by atoms with E-state index in [-0.39, 0.29) is 16.6 Å². The molecule has 0 fully saturated rings. The van der Waals surface area contributed by atoms with Gasteiger partial charge in [-0.05, 0) is 61.1 Å². The Morgan fingerprint density at radius 2 is 1.83 bits per heavy atom. The van der Waals surface area contributed by atoms with Crippen LogP contribution in [0.4, 0.5) is 17.2 Å². The van der Waals surface area contributed by atoms with E-state index < -0.39 is 10.0 Å². The number of nitrogens with zero attached hydrogens (tertiary/aromatic N) is 2. The normalized spacial score (nSPS) is 10.9. The Balaban J connectivity index is 1.67. The van der Waals surface area contributed by atoms with Gasteiger partial charge in [-0.25, -0.2) is 18.4 Å². The molecule has 0 saturated carbocycles. The topological polar surface area (TPSA) is 105 Å². The van der Waals surface area contributed by atoms with Crippen LogP contribution < -0.4 is 20.1 Å². The number of hydrogen-bond donors (Lipinski definition) is 3. The molecule has 8 nitrogen and oxygen atoms in total. The van der Waals surface area contributed by atoms with Crippen LogP contribution in [0.2, 0.25) is 5.02 Å². The van der Waals surface area contributed by atoms with Gasteiger partial charge in [0.25, 0.3) is 10.0 Å². The van der Waals surface area contributed by atoms with Crippen LogP contribution in [0.3, 0.4) is 0 Å². The minimum atomic E-state index is -3.83. The van der Waals surface area contributed by atoms with Crippen molar-refractivity contribution >= 4 is 56.1 Å². The highest BCUT2D eigenvalue weighted by molar-refractivity contribution is 7.92. The summed E-state index contributed by atoms with van der Waals surface area (Å²) in [5.74, 6) is 0.351. The van der Waals surface area contributed by atoms with Gasteiger partial charge in [0, 0.05) is 22.5 Å². The number of methoxy groups -OCH3 is 1. The third kappa shape index (κ3) is 5.35. The maximum Gasteiger partial charge on any atom is 0.263 e. The van der Waals surface area contributed by atoms with Gasteiger partial charge in [0.1, 0.15) is 12.1 Å². The maximum atomic E-state index is 12.6. The van der Waals surface area contributed by atoms with Crippen molar-refractivity contribution in [3.8, 4) is 5.88 Å². The van der Waals surface area contributed by atoms with Gasteiger partial charge in [0.05, 0.1) is 12.0 Å². The van der Waals surface area contributed by atoms with Gasteiger partial charge in [0.15, 0.2) is 5.11 Å². The Hall–Kier alpha value is -2.95. The summed E-state index contributed by atoms with van der Waals surface area (Å²) in [6, 6.07) is 13.0. The van der Waals surface area contributed by atoms with Crippen LogP contribution in [0.1, 0.15) is 5.56 Å². The summed E-state index contributed by atoms with van der Waals surface area (Å²) < 4.78 is 32.5. The van der Waals surface area contributed by atoms with Crippen molar-refractivity contribution in [3.05, 3.63) is 65.4 Å². The summed E-state index contributed by atoms with van der Waals surface area (Å²) in [4.78, 5) is 7.78. The maximum absolute atomic E-state index is 12.6. The summed E-state index contributed by atoms with van der Waals surface area (Å²) in [6.07, 6.45) is 1.21. The van der Waals surface area contributed by atoms with E-state index in [2.05, 4.69) is 25.3 Å². The van der Waals surface area contributed by atoms with Crippen LogP contribution in [0.15, 0.2) is 59.8 Å². The molecule has 2 aromatic carbocycles. The van der Waals surface area contributed by atoms with E-state index in [1.54, 1.807) is 18.2 Å². The highest BCUT2D eigenvalue weighted by Gasteiger charge is 2.15. The van der Waals surface area contributed by atoms with Crippen molar-refractivity contribution in [3.63, 3.8) is 0 Å². The molecule has 0 radical (unpaired) electrons. The number of aromatic nitrogens is 2. The second kappa shape index (κ2) is 9.24. The first kappa shape index (κ1) is 21.8. The van der Waals surface area contributed by atoms with E-state index in [0.29, 0.717) is 15.8 Å². The number of nitrogens with one attached hydrogen (secondary N) is 3. The van der Waals surface area contributed by atoms with Crippen LogP contribution in [-0.2, 0) is 10.0 Å². The molecular weight excluding hydrogens is 446 g/mol. The van der Waals surface area contributed by atoms with Crippen LogP contribution >= 0.6 is 23.8 Å². The fourth-order valence-corrected chi connectivity index (χ4v) is 3.85. The molecule has 0 spiro atoms. The number of sulfonamides is 1. The smallest absolute Gasteiger partial charge is 0.263 e. The predicted molar refractivity (Wildman–Crippen MR) is 122 cm³/mol. The van der Waals surface area contributed by atoms with Gasteiger partial charge in [-0.3, -0.25) is 4.72 Å². The standard InChI is InChI=1S/C19H18ClN5O3S2/c1-12-15(20)4-3-5-16(12)24-19(29)23-13-6-8-14(9-7-13)30(26,27)25-17-10-18(28-2)22-11-21-17/h3-11H,1-2H3,(H,21,22,25)(H2,23,24,29). The molecule has 11 heteroatoms. The lowest BCUT2D eigenvalue weighted by molar-refractivity contribution is 0.397. The Kier molecular flexibility index (Phi) is 6.70. The summed E-state index contributed by atoms with van der Waals surface area (Å²) in [5.41, 5.74) is 2.27. The average Bonchev–Trinajstić information content (AvgIpc) is 2.71. The third-order valence-corrected chi connectivity index (χ3v) is 6.01. The molecular formula is C19H18ClN5O3S2. The molecule has 3 aromatic rings. The summed E-state index contributed by atoms with van der Waals surface area (Å²) >= 11 is 11.4. The molecule has 0 amide bonds. The zero-order chi connectivity index (χ0) is 21.7. The van der Waals surface area contributed by atoms with E-state index in [0.717, 1.165) is 11.3 Å². The molecule has 30 heavy (non-hydrogen) atoms. The Morgan fingerprint density at radius 3 is 2.53 bits per heavy atom. The number of ether oxygens (including phenoxy) is 1. The van der Waals surface area contributed by atoms with E-state index in [1.807, 2.05) is 19.1 Å². The Labute approximate surface area is 184 Å². The third-order valence-electron chi connectivity index (χ3n) is 4.03. The van der Waals surface area contributed by atoms with Crippen molar-refractivity contribution in [2.45, 2.75) is 11.8 Å². The van der Waals surface area contributed by atoms with E-state index in [9.17, 15) is 8.42 Å². The monoisotopic (exact) mass is 463 g/mol. The SMILES string of the molecule is COc1cc(NS(=O)(=O)c2ccc(NC(=S)Nc3cccc(Cl)c3C)cc2)ncn1. The van der Waals surface area contributed by atoms with Crippen LogP contribution in [0.25, 0.3) is 0 Å². The molecule has 3 rings (SSSR count). The first-order valence-electron chi connectivity index (χ1n) is 8.60.